The van der Waals surface area contributed by atoms with E-state index in [2.05, 4.69) is 22.1 Å². The zero-order valence-electron chi connectivity index (χ0n) is 9.43. The number of hydrogen-bond donors (Lipinski definition) is 0. The van der Waals surface area contributed by atoms with Crippen molar-refractivity contribution >= 4 is 0 Å². The van der Waals surface area contributed by atoms with Gasteiger partial charge in [0.2, 0.25) is 0 Å². The lowest BCUT2D eigenvalue weighted by Crippen LogP contribution is -2.51. The van der Waals surface area contributed by atoms with Crippen molar-refractivity contribution in [3.05, 3.63) is 4.91 Å². The largest absolute Gasteiger partial charge is 0.304 e. The summed E-state index contributed by atoms with van der Waals surface area (Å²) in [4.78, 5) is 15.3. The summed E-state index contributed by atoms with van der Waals surface area (Å²) < 4.78 is 0. The zero-order valence-corrected chi connectivity index (χ0v) is 9.43. The van der Waals surface area contributed by atoms with Gasteiger partial charge in [-0.15, -0.1) is 4.91 Å². The van der Waals surface area contributed by atoms with E-state index in [0.29, 0.717) is 6.04 Å². The number of nitroso groups, excluding NO2 is 1. The molecule has 2 aliphatic rings. The molecule has 2 heterocycles. The third kappa shape index (κ3) is 2.66. The van der Waals surface area contributed by atoms with Crippen LogP contribution in [0.5, 0.6) is 0 Å². The van der Waals surface area contributed by atoms with Gasteiger partial charge in [0.05, 0.1) is 5.29 Å². The summed E-state index contributed by atoms with van der Waals surface area (Å²) in [5, 5.41) is 4.64. The van der Waals surface area contributed by atoms with Crippen molar-refractivity contribution in [2.45, 2.75) is 18.9 Å². The van der Waals surface area contributed by atoms with E-state index in [1.165, 1.54) is 26.2 Å². The summed E-state index contributed by atoms with van der Waals surface area (Å²) in [7, 11) is 2.18. The Hall–Kier alpha value is -0.680. The maximum atomic E-state index is 10.3. The molecule has 0 spiro atoms. The van der Waals surface area contributed by atoms with Crippen LogP contribution in [0, 0.1) is 4.91 Å². The van der Waals surface area contributed by atoms with Gasteiger partial charge in [0, 0.05) is 45.3 Å². The van der Waals surface area contributed by atoms with Crippen molar-refractivity contribution in [2.75, 3.05) is 46.3 Å². The molecule has 0 saturated carbocycles. The number of nitrogens with zero attached hydrogens (tertiary/aromatic N) is 4. The minimum atomic E-state index is 0.678. The van der Waals surface area contributed by atoms with Crippen LogP contribution in [0.3, 0.4) is 0 Å². The number of rotatable bonds is 2. The molecule has 5 nitrogen and oxygen atoms in total. The van der Waals surface area contributed by atoms with E-state index in [1.54, 1.807) is 5.01 Å². The molecule has 0 aromatic rings. The van der Waals surface area contributed by atoms with Crippen LogP contribution >= 0.6 is 0 Å². The molecule has 2 fully saturated rings. The van der Waals surface area contributed by atoms with Crippen molar-refractivity contribution < 1.29 is 0 Å². The Bertz CT molecular complexity index is 207. The van der Waals surface area contributed by atoms with E-state index >= 15 is 0 Å². The first kappa shape index (κ1) is 10.8. The van der Waals surface area contributed by atoms with Crippen molar-refractivity contribution in [2.24, 2.45) is 5.29 Å². The smallest absolute Gasteiger partial charge is 0.0523 e. The summed E-state index contributed by atoms with van der Waals surface area (Å²) in [6.45, 7) is 6.37. The van der Waals surface area contributed by atoms with E-state index in [9.17, 15) is 4.91 Å². The summed E-state index contributed by atoms with van der Waals surface area (Å²) in [6, 6.07) is 0.678. The highest BCUT2D eigenvalue weighted by atomic mass is 16.3. The van der Waals surface area contributed by atoms with Gasteiger partial charge >= 0.3 is 0 Å². The zero-order chi connectivity index (χ0) is 10.7. The maximum absolute atomic E-state index is 10.3. The Morgan fingerprint density at radius 2 is 1.60 bits per heavy atom. The Kier molecular flexibility index (Phi) is 3.53. The number of hydrogen-bond acceptors (Lipinski definition) is 4. The Morgan fingerprint density at radius 1 is 1.00 bits per heavy atom. The average Bonchev–Trinajstić information content (AvgIpc) is 2.30. The van der Waals surface area contributed by atoms with Crippen molar-refractivity contribution in [1.29, 1.82) is 0 Å². The summed E-state index contributed by atoms with van der Waals surface area (Å²) in [6.07, 6.45) is 2.19. The topological polar surface area (TPSA) is 39.1 Å². The normalized spacial score (nSPS) is 26.9. The molecule has 0 bridgehead atoms. The second kappa shape index (κ2) is 4.90. The van der Waals surface area contributed by atoms with Crippen molar-refractivity contribution in [3.8, 4) is 0 Å². The third-order valence-electron chi connectivity index (χ3n) is 3.61. The molecule has 0 amide bonds. The van der Waals surface area contributed by atoms with Gasteiger partial charge in [-0.05, 0) is 19.9 Å². The minimum Gasteiger partial charge on any atom is -0.304 e. The monoisotopic (exact) mass is 212 g/mol. The molecule has 0 radical (unpaired) electrons. The van der Waals surface area contributed by atoms with Crippen molar-refractivity contribution in [3.63, 3.8) is 0 Å². The fourth-order valence-electron chi connectivity index (χ4n) is 2.49. The van der Waals surface area contributed by atoms with Crippen LogP contribution in [0.25, 0.3) is 0 Å². The summed E-state index contributed by atoms with van der Waals surface area (Å²) in [5.41, 5.74) is 0. The third-order valence-corrected chi connectivity index (χ3v) is 3.61. The van der Waals surface area contributed by atoms with E-state index in [-0.39, 0.29) is 0 Å². The number of piperazine rings is 1. The summed E-state index contributed by atoms with van der Waals surface area (Å²) >= 11 is 0. The van der Waals surface area contributed by atoms with Crippen LogP contribution in [0.1, 0.15) is 12.8 Å². The highest BCUT2D eigenvalue weighted by molar-refractivity contribution is 4.81. The second-order valence-electron chi connectivity index (χ2n) is 4.61. The first-order valence-corrected chi connectivity index (χ1v) is 5.80. The molecule has 0 aromatic carbocycles. The number of piperidine rings is 1. The van der Waals surface area contributed by atoms with Crippen molar-refractivity contribution in [1.82, 2.24) is 14.8 Å². The van der Waals surface area contributed by atoms with Crippen LogP contribution in [-0.2, 0) is 0 Å². The van der Waals surface area contributed by atoms with E-state index in [1.807, 2.05) is 0 Å². The lowest BCUT2D eigenvalue weighted by molar-refractivity contribution is 0.0681. The minimum absolute atomic E-state index is 0.678. The van der Waals surface area contributed by atoms with Crippen LogP contribution in [-0.4, -0.2) is 67.2 Å². The van der Waals surface area contributed by atoms with Crippen LogP contribution in [0.15, 0.2) is 5.29 Å². The quantitative estimate of drug-likeness (QED) is 0.620. The average molecular weight is 212 g/mol. The molecular weight excluding hydrogens is 192 g/mol. The van der Waals surface area contributed by atoms with Gasteiger partial charge in [0.25, 0.3) is 0 Å². The van der Waals surface area contributed by atoms with E-state index < -0.39 is 0 Å². The molecular formula is C10H20N4O. The Morgan fingerprint density at radius 3 is 2.13 bits per heavy atom. The van der Waals surface area contributed by atoms with Gasteiger partial charge in [0.1, 0.15) is 0 Å². The predicted molar refractivity (Wildman–Crippen MR) is 59.5 cm³/mol. The van der Waals surface area contributed by atoms with Gasteiger partial charge in [-0.3, -0.25) is 9.91 Å². The van der Waals surface area contributed by atoms with E-state index in [4.69, 9.17) is 0 Å². The Labute approximate surface area is 91.0 Å². The number of likely N-dealkylation sites (N-methyl/N-ethyl adjacent to an activating group) is 1. The van der Waals surface area contributed by atoms with Gasteiger partial charge in [0.15, 0.2) is 0 Å². The van der Waals surface area contributed by atoms with E-state index in [0.717, 1.165) is 25.9 Å². The molecule has 0 aromatic heterocycles. The highest BCUT2D eigenvalue weighted by Gasteiger charge is 2.26. The first-order chi connectivity index (χ1) is 7.29. The van der Waals surface area contributed by atoms with Crippen LogP contribution in [0.4, 0.5) is 0 Å². The molecule has 2 aliphatic heterocycles. The second-order valence-corrected chi connectivity index (χ2v) is 4.61. The maximum Gasteiger partial charge on any atom is 0.0523 e. The summed E-state index contributed by atoms with van der Waals surface area (Å²) in [5.74, 6) is 0. The highest BCUT2D eigenvalue weighted by Crippen LogP contribution is 2.17. The molecule has 2 rings (SSSR count). The van der Waals surface area contributed by atoms with Crippen LogP contribution in [0.2, 0.25) is 0 Å². The molecule has 0 aliphatic carbocycles. The first-order valence-electron chi connectivity index (χ1n) is 5.80. The molecule has 0 unspecified atom stereocenters. The lowest BCUT2D eigenvalue weighted by atomic mass is 10.0. The van der Waals surface area contributed by atoms with Crippen LogP contribution < -0.4 is 0 Å². The lowest BCUT2D eigenvalue weighted by Gasteiger charge is -2.40. The molecule has 2 saturated heterocycles. The predicted octanol–water partition coefficient (Wildman–Crippen LogP) is 0.380. The molecule has 5 heteroatoms. The molecule has 15 heavy (non-hydrogen) atoms. The molecule has 86 valence electrons. The van der Waals surface area contributed by atoms with Gasteiger partial charge < -0.3 is 4.90 Å². The van der Waals surface area contributed by atoms with Gasteiger partial charge in [-0.1, -0.05) is 0 Å². The standard InChI is InChI=1S/C10H20N4O/c1-12-6-8-13(9-7-12)10-2-4-14(11-15)5-3-10/h10H,2-9H2,1H3. The van der Waals surface area contributed by atoms with Gasteiger partial charge in [-0.2, -0.15) is 0 Å². The fourth-order valence-corrected chi connectivity index (χ4v) is 2.49. The SMILES string of the molecule is CN1CCN(C2CCN(N=O)CC2)CC1. The molecule has 0 N–H and O–H groups in total. The Balaban J connectivity index is 1.78. The molecule has 0 atom stereocenters. The fraction of sp³-hybridized carbons (Fsp3) is 1.00. The van der Waals surface area contributed by atoms with Gasteiger partial charge in [-0.25, -0.2) is 0 Å².